The molecule has 1 aromatic heterocycles. The topological polar surface area (TPSA) is 82.4 Å². The average Bonchev–Trinajstić information content (AvgIpc) is 2.77. The minimum atomic E-state index is -0.757. The predicted molar refractivity (Wildman–Crippen MR) is 121 cm³/mol. The molecule has 3 rings (SSSR count). The van der Waals surface area contributed by atoms with Crippen molar-refractivity contribution in [3.8, 4) is 22.8 Å². The molecule has 3 aromatic rings. The molecule has 0 saturated carbocycles. The van der Waals surface area contributed by atoms with E-state index in [1.54, 1.807) is 31.4 Å². The molecule has 0 aliphatic heterocycles. The fraction of sp³-hybridized carbons (Fsp3) is 0.292. The van der Waals surface area contributed by atoms with Crippen LogP contribution in [0, 0.1) is 13.8 Å². The molecule has 1 N–H and O–H groups in total. The van der Waals surface area contributed by atoms with E-state index in [0.29, 0.717) is 29.3 Å². The number of aromatic nitrogens is 2. The van der Waals surface area contributed by atoms with Gasteiger partial charge in [-0.05, 0) is 55.7 Å². The van der Waals surface area contributed by atoms with E-state index in [-0.39, 0.29) is 11.5 Å². The Labute approximate surface area is 181 Å². The zero-order chi connectivity index (χ0) is 22.5. The third-order valence-electron chi connectivity index (χ3n) is 5.26. The van der Waals surface area contributed by atoms with Crippen LogP contribution in [0.1, 0.15) is 30.5 Å². The van der Waals surface area contributed by atoms with Gasteiger partial charge in [-0.3, -0.25) is 9.59 Å². The summed E-state index contributed by atoms with van der Waals surface area (Å²) in [7, 11) is 3.07. The van der Waals surface area contributed by atoms with Crippen LogP contribution in [-0.4, -0.2) is 29.9 Å². The molecule has 0 saturated heterocycles. The molecule has 0 bridgehead atoms. The van der Waals surface area contributed by atoms with Gasteiger partial charge in [-0.25, -0.2) is 4.68 Å². The van der Waals surface area contributed by atoms with E-state index in [1.807, 2.05) is 39.0 Å². The van der Waals surface area contributed by atoms with Crippen LogP contribution in [0.5, 0.6) is 11.5 Å². The largest absolute Gasteiger partial charge is 0.493 e. The predicted octanol–water partition coefficient (Wildman–Crippen LogP) is 4.13. The third kappa shape index (κ3) is 4.77. The van der Waals surface area contributed by atoms with Crippen LogP contribution in [0.3, 0.4) is 0 Å². The molecular weight excluding hydrogens is 394 g/mol. The number of hydrogen-bond donors (Lipinski definition) is 1. The maximum absolute atomic E-state index is 13.0. The van der Waals surface area contributed by atoms with Crippen molar-refractivity contribution in [3.05, 3.63) is 70.0 Å². The van der Waals surface area contributed by atoms with Gasteiger partial charge in [0.05, 0.1) is 19.9 Å². The smallest absolute Gasteiger partial charge is 0.267 e. The lowest BCUT2D eigenvalue weighted by molar-refractivity contribution is -0.119. The number of nitrogens with zero attached hydrogens (tertiary/aromatic N) is 2. The van der Waals surface area contributed by atoms with E-state index in [4.69, 9.17) is 9.47 Å². The number of anilines is 1. The number of amides is 1. The van der Waals surface area contributed by atoms with E-state index >= 15 is 0 Å². The highest BCUT2D eigenvalue weighted by molar-refractivity contribution is 5.94. The number of nitrogens with one attached hydrogen (secondary N) is 1. The molecule has 0 spiro atoms. The van der Waals surface area contributed by atoms with Crippen LogP contribution in [0.15, 0.2) is 53.3 Å². The quantitative estimate of drug-likeness (QED) is 0.620. The normalized spacial score (nSPS) is 11.6. The summed E-state index contributed by atoms with van der Waals surface area (Å²) in [6.45, 7) is 5.91. The molecule has 0 aliphatic carbocycles. The molecule has 0 fully saturated rings. The number of hydrogen-bond acceptors (Lipinski definition) is 5. The standard InChI is InChI=1S/C24H27N3O4/c1-6-20(24(29)25-18-9-11-21(30-4)22(14-18)31-5)27-23(28)12-10-19(26-27)17-8-7-15(2)16(3)13-17/h7-14,20H,6H2,1-5H3,(H,25,29). The van der Waals surface area contributed by atoms with Crippen molar-refractivity contribution < 1.29 is 14.3 Å². The van der Waals surface area contributed by atoms with E-state index < -0.39 is 6.04 Å². The molecule has 0 radical (unpaired) electrons. The fourth-order valence-electron chi connectivity index (χ4n) is 3.31. The molecular formula is C24H27N3O4. The van der Waals surface area contributed by atoms with Gasteiger partial charge in [-0.1, -0.05) is 19.1 Å². The summed E-state index contributed by atoms with van der Waals surface area (Å²) in [6.07, 6.45) is 0.405. The Bertz CT molecular complexity index is 1150. The summed E-state index contributed by atoms with van der Waals surface area (Å²) < 4.78 is 11.8. The van der Waals surface area contributed by atoms with Gasteiger partial charge in [0.15, 0.2) is 11.5 Å². The van der Waals surface area contributed by atoms with Crippen molar-refractivity contribution in [1.82, 2.24) is 9.78 Å². The van der Waals surface area contributed by atoms with Crippen molar-refractivity contribution in [3.63, 3.8) is 0 Å². The summed E-state index contributed by atoms with van der Waals surface area (Å²) in [5.41, 5.74) is 4.06. The van der Waals surface area contributed by atoms with Crippen molar-refractivity contribution in [2.75, 3.05) is 19.5 Å². The minimum Gasteiger partial charge on any atom is -0.493 e. The molecule has 31 heavy (non-hydrogen) atoms. The molecule has 7 heteroatoms. The fourth-order valence-corrected chi connectivity index (χ4v) is 3.31. The maximum Gasteiger partial charge on any atom is 0.267 e. The molecule has 7 nitrogen and oxygen atoms in total. The van der Waals surface area contributed by atoms with Crippen LogP contribution in [0.2, 0.25) is 0 Å². The summed E-state index contributed by atoms with van der Waals surface area (Å²) >= 11 is 0. The third-order valence-corrected chi connectivity index (χ3v) is 5.26. The number of methoxy groups -OCH3 is 2. The second-order valence-corrected chi connectivity index (χ2v) is 7.28. The van der Waals surface area contributed by atoms with Crippen LogP contribution in [0.25, 0.3) is 11.3 Å². The molecule has 2 aromatic carbocycles. The van der Waals surface area contributed by atoms with Crippen molar-refractivity contribution in [2.24, 2.45) is 0 Å². The van der Waals surface area contributed by atoms with Gasteiger partial charge in [-0.15, -0.1) is 0 Å². The zero-order valence-electron chi connectivity index (χ0n) is 18.4. The van der Waals surface area contributed by atoms with Crippen LogP contribution >= 0.6 is 0 Å². The Morgan fingerprint density at radius 2 is 1.74 bits per heavy atom. The van der Waals surface area contributed by atoms with Gasteiger partial charge in [0.25, 0.3) is 5.56 Å². The Kier molecular flexibility index (Phi) is 6.74. The van der Waals surface area contributed by atoms with Crippen LogP contribution in [-0.2, 0) is 4.79 Å². The second-order valence-electron chi connectivity index (χ2n) is 7.28. The Morgan fingerprint density at radius 3 is 2.39 bits per heavy atom. The van der Waals surface area contributed by atoms with Gasteiger partial charge in [-0.2, -0.15) is 5.10 Å². The van der Waals surface area contributed by atoms with Gasteiger partial charge in [0.1, 0.15) is 6.04 Å². The Balaban J connectivity index is 1.92. The Hall–Kier alpha value is -3.61. The van der Waals surface area contributed by atoms with Crippen LogP contribution in [0.4, 0.5) is 5.69 Å². The first-order chi connectivity index (χ1) is 14.9. The summed E-state index contributed by atoms with van der Waals surface area (Å²) in [5.74, 6) is 0.730. The monoisotopic (exact) mass is 421 g/mol. The van der Waals surface area contributed by atoms with E-state index in [9.17, 15) is 9.59 Å². The lowest BCUT2D eigenvalue weighted by Gasteiger charge is -2.18. The number of benzene rings is 2. The number of ether oxygens (including phenoxy) is 2. The van der Waals surface area contributed by atoms with Gasteiger partial charge in [0.2, 0.25) is 5.91 Å². The van der Waals surface area contributed by atoms with Crippen molar-refractivity contribution in [1.29, 1.82) is 0 Å². The highest BCUT2D eigenvalue weighted by Gasteiger charge is 2.22. The van der Waals surface area contributed by atoms with Gasteiger partial charge < -0.3 is 14.8 Å². The average molecular weight is 421 g/mol. The first-order valence-corrected chi connectivity index (χ1v) is 10.1. The zero-order valence-corrected chi connectivity index (χ0v) is 18.4. The van der Waals surface area contributed by atoms with E-state index in [0.717, 1.165) is 11.1 Å². The van der Waals surface area contributed by atoms with E-state index in [1.165, 1.54) is 23.4 Å². The molecule has 1 atom stereocenters. The Morgan fingerprint density at radius 1 is 1.00 bits per heavy atom. The van der Waals surface area contributed by atoms with Crippen LogP contribution < -0.4 is 20.3 Å². The summed E-state index contributed by atoms with van der Waals surface area (Å²) in [5, 5.41) is 7.35. The van der Waals surface area contributed by atoms with E-state index in [2.05, 4.69) is 10.4 Å². The number of carbonyl (C=O) groups is 1. The van der Waals surface area contributed by atoms with Crippen molar-refractivity contribution >= 4 is 11.6 Å². The summed E-state index contributed by atoms with van der Waals surface area (Å²) in [6, 6.07) is 13.5. The first-order valence-electron chi connectivity index (χ1n) is 10.1. The van der Waals surface area contributed by atoms with Gasteiger partial charge in [0, 0.05) is 23.4 Å². The lowest BCUT2D eigenvalue weighted by Crippen LogP contribution is -2.34. The van der Waals surface area contributed by atoms with Crippen molar-refractivity contribution in [2.45, 2.75) is 33.2 Å². The number of aryl methyl sites for hydroxylation is 2. The van der Waals surface area contributed by atoms with Gasteiger partial charge >= 0.3 is 0 Å². The molecule has 1 amide bonds. The second kappa shape index (κ2) is 9.47. The molecule has 162 valence electrons. The number of carbonyl (C=O) groups excluding carboxylic acids is 1. The highest BCUT2D eigenvalue weighted by Crippen LogP contribution is 2.30. The molecule has 0 aliphatic rings. The lowest BCUT2D eigenvalue weighted by atomic mass is 10.0. The first kappa shape index (κ1) is 22.1. The molecule has 1 unspecified atom stereocenters. The summed E-state index contributed by atoms with van der Waals surface area (Å²) in [4.78, 5) is 25.6. The SMILES string of the molecule is CCC(C(=O)Nc1ccc(OC)c(OC)c1)n1nc(-c2ccc(C)c(C)c2)ccc1=O. The minimum absolute atomic E-state index is 0.332. The molecule has 1 heterocycles. The highest BCUT2D eigenvalue weighted by atomic mass is 16.5. The maximum atomic E-state index is 13.0. The number of rotatable bonds is 7.